The molecule has 0 saturated carbocycles. The van der Waals surface area contributed by atoms with E-state index < -0.39 is 28.9 Å². The van der Waals surface area contributed by atoms with Crippen LogP contribution in [0.5, 0.6) is 0 Å². The zero-order valence-corrected chi connectivity index (χ0v) is 6.42. The summed E-state index contributed by atoms with van der Waals surface area (Å²) in [5.74, 6) is -5.37. The fourth-order valence-electron chi connectivity index (χ4n) is 0.521. The second-order valence-corrected chi connectivity index (χ2v) is 2.32. The van der Waals surface area contributed by atoms with E-state index in [2.05, 4.69) is 9.97 Å². The van der Waals surface area contributed by atoms with Crippen LogP contribution >= 0.6 is 11.6 Å². The highest BCUT2D eigenvalue weighted by molar-refractivity contribution is 6.30. The van der Waals surface area contributed by atoms with E-state index in [0.717, 1.165) is 0 Å². The minimum absolute atomic E-state index is 1.16. The summed E-state index contributed by atoms with van der Waals surface area (Å²) < 4.78 is 60.0. The monoisotopic (exact) mass is 218 g/mol. The van der Waals surface area contributed by atoms with E-state index >= 15 is 0 Å². The summed E-state index contributed by atoms with van der Waals surface area (Å²) >= 11 is 4.86. The van der Waals surface area contributed by atoms with E-state index in [9.17, 15) is 22.0 Å². The molecule has 0 radical (unpaired) electrons. The SMILES string of the molecule is Fc1nc(C(F)(F)F)nc(F)c1Cl. The topological polar surface area (TPSA) is 25.8 Å². The predicted molar refractivity (Wildman–Crippen MR) is 32.0 cm³/mol. The molecule has 0 aromatic carbocycles. The Morgan fingerprint density at radius 2 is 1.38 bits per heavy atom. The smallest absolute Gasteiger partial charge is 0.194 e. The molecular weight excluding hydrogens is 219 g/mol. The van der Waals surface area contributed by atoms with Crippen LogP contribution in [0.25, 0.3) is 0 Å². The molecule has 1 heterocycles. The Labute approximate surface area is 73.4 Å². The van der Waals surface area contributed by atoms with Crippen molar-refractivity contribution in [2.45, 2.75) is 6.18 Å². The van der Waals surface area contributed by atoms with Crippen LogP contribution in [0.4, 0.5) is 22.0 Å². The van der Waals surface area contributed by atoms with E-state index in [1.165, 1.54) is 0 Å². The molecule has 0 atom stereocenters. The third kappa shape index (κ3) is 2.03. The van der Waals surface area contributed by atoms with Crippen LogP contribution in [0.1, 0.15) is 5.82 Å². The number of rotatable bonds is 0. The standard InChI is InChI=1S/C5ClF5N2/c6-1-2(7)12-4(5(9,10)11)13-3(1)8. The van der Waals surface area contributed by atoms with E-state index in [1.807, 2.05) is 0 Å². The Kier molecular flexibility index (Phi) is 2.38. The fourth-order valence-corrected chi connectivity index (χ4v) is 0.606. The molecule has 1 aromatic rings. The first-order chi connectivity index (χ1) is 5.82. The van der Waals surface area contributed by atoms with Gasteiger partial charge in [-0.3, -0.25) is 0 Å². The van der Waals surface area contributed by atoms with Crippen molar-refractivity contribution in [2.24, 2.45) is 0 Å². The van der Waals surface area contributed by atoms with Crippen molar-refractivity contribution in [2.75, 3.05) is 0 Å². The third-order valence-corrected chi connectivity index (χ3v) is 1.34. The lowest BCUT2D eigenvalue weighted by molar-refractivity contribution is -0.146. The number of nitrogens with zero attached hydrogens (tertiary/aromatic N) is 2. The van der Waals surface area contributed by atoms with Gasteiger partial charge in [-0.05, 0) is 0 Å². The molecule has 0 spiro atoms. The molecule has 0 aliphatic heterocycles. The predicted octanol–water partition coefficient (Wildman–Crippen LogP) is 2.43. The van der Waals surface area contributed by atoms with Crippen molar-refractivity contribution < 1.29 is 22.0 Å². The summed E-state index contributed by atoms with van der Waals surface area (Å²) in [6.45, 7) is 0. The minimum Gasteiger partial charge on any atom is -0.194 e. The van der Waals surface area contributed by atoms with Gasteiger partial charge in [-0.25, -0.2) is 0 Å². The zero-order chi connectivity index (χ0) is 10.2. The first-order valence-corrected chi connectivity index (χ1v) is 3.16. The van der Waals surface area contributed by atoms with Gasteiger partial charge < -0.3 is 0 Å². The molecule has 0 N–H and O–H groups in total. The highest BCUT2D eigenvalue weighted by atomic mass is 35.5. The van der Waals surface area contributed by atoms with Gasteiger partial charge >= 0.3 is 6.18 Å². The summed E-state index contributed by atoms with van der Waals surface area (Å²) in [5.41, 5.74) is 0. The van der Waals surface area contributed by atoms with Crippen LogP contribution < -0.4 is 0 Å². The number of alkyl halides is 3. The largest absolute Gasteiger partial charge is 0.451 e. The molecule has 0 unspecified atom stereocenters. The van der Waals surface area contributed by atoms with E-state index in [4.69, 9.17) is 11.6 Å². The van der Waals surface area contributed by atoms with Gasteiger partial charge in [-0.2, -0.15) is 31.9 Å². The molecule has 8 heteroatoms. The van der Waals surface area contributed by atoms with Crippen molar-refractivity contribution in [3.63, 3.8) is 0 Å². The Morgan fingerprint density at radius 3 is 1.69 bits per heavy atom. The van der Waals surface area contributed by atoms with E-state index in [1.54, 1.807) is 0 Å². The van der Waals surface area contributed by atoms with Gasteiger partial charge in [0.2, 0.25) is 17.7 Å². The van der Waals surface area contributed by atoms with Crippen LogP contribution in [-0.2, 0) is 6.18 Å². The van der Waals surface area contributed by atoms with Gasteiger partial charge in [0.05, 0.1) is 0 Å². The summed E-state index contributed by atoms with van der Waals surface area (Å²) in [6.07, 6.45) is -4.99. The summed E-state index contributed by atoms with van der Waals surface area (Å²) in [7, 11) is 0. The summed E-state index contributed by atoms with van der Waals surface area (Å²) in [4.78, 5) is 4.66. The zero-order valence-electron chi connectivity index (χ0n) is 5.66. The molecule has 1 rings (SSSR count). The van der Waals surface area contributed by atoms with Crippen molar-refractivity contribution in [3.05, 3.63) is 22.7 Å². The Balaban J connectivity index is 3.29. The second-order valence-electron chi connectivity index (χ2n) is 1.94. The Morgan fingerprint density at radius 1 is 1.00 bits per heavy atom. The quantitative estimate of drug-likeness (QED) is 0.494. The Bertz CT molecular complexity index is 313. The maximum absolute atomic E-state index is 12.3. The van der Waals surface area contributed by atoms with Crippen LogP contribution in [0.3, 0.4) is 0 Å². The van der Waals surface area contributed by atoms with Crippen molar-refractivity contribution >= 4 is 11.6 Å². The average molecular weight is 219 g/mol. The van der Waals surface area contributed by atoms with Crippen LogP contribution in [0.2, 0.25) is 5.02 Å². The maximum atomic E-state index is 12.3. The molecular formula is C5ClF5N2. The van der Waals surface area contributed by atoms with Crippen molar-refractivity contribution in [1.82, 2.24) is 9.97 Å². The van der Waals surface area contributed by atoms with E-state index in [0.29, 0.717) is 0 Å². The molecule has 72 valence electrons. The average Bonchev–Trinajstić information content (AvgIpc) is 1.97. The normalized spacial score (nSPS) is 11.8. The molecule has 0 fully saturated rings. The van der Waals surface area contributed by atoms with Gasteiger partial charge in [-0.1, -0.05) is 11.6 Å². The fraction of sp³-hybridized carbons (Fsp3) is 0.200. The number of halogens is 6. The lowest BCUT2D eigenvalue weighted by Gasteiger charge is -2.04. The molecule has 13 heavy (non-hydrogen) atoms. The highest BCUT2D eigenvalue weighted by Crippen LogP contribution is 2.27. The number of hydrogen-bond acceptors (Lipinski definition) is 2. The molecule has 0 aliphatic rings. The van der Waals surface area contributed by atoms with Gasteiger partial charge in [0.1, 0.15) is 0 Å². The summed E-state index contributed by atoms with van der Waals surface area (Å²) in [5, 5.41) is -1.16. The molecule has 0 bridgehead atoms. The van der Waals surface area contributed by atoms with Crippen LogP contribution in [0.15, 0.2) is 0 Å². The molecule has 1 aromatic heterocycles. The maximum Gasteiger partial charge on any atom is 0.451 e. The van der Waals surface area contributed by atoms with Crippen molar-refractivity contribution in [1.29, 1.82) is 0 Å². The molecule has 0 saturated heterocycles. The molecule has 2 nitrogen and oxygen atoms in total. The lowest BCUT2D eigenvalue weighted by Crippen LogP contribution is -2.13. The highest BCUT2D eigenvalue weighted by Gasteiger charge is 2.36. The molecule has 0 amide bonds. The van der Waals surface area contributed by atoms with Gasteiger partial charge in [-0.15, -0.1) is 0 Å². The van der Waals surface area contributed by atoms with Crippen molar-refractivity contribution in [3.8, 4) is 0 Å². The van der Waals surface area contributed by atoms with Gasteiger partial charge in [0, 0.05) is 0 Å². The third-order valence-electron chi connectivity index (χ3n) is 1.02. The lowest BCUT2D eigenvalue weighted by atomic mass is 10.5. The minimum atomic E-state index is -4.99. The molecule has 0 aliphatic carbocycles. The number of hydrogen-bond donors (Lipinski definition) is 0. The second kappa shape index (κ2) is 3.06. The summed E-state index contributed by atoms with van der Waals surface area (Å²) in [6, 6.07) is 0. The van der Waals surface area contributed by atoms with Crippen LogP contribution in [0, 0.1) is 11.9 Å². The Hall–Kier alpha value is -0.980. The number of aromatic nitrogens is 2. The van der Waals surface area contributed by atoms with Gasteiger partial charge in [0.25, 0.3) is 0 Å². The van der Waals surface area contributed by atoms with Crippen LogP contribution in [-0.4, -0.2) is 9.97 Å². The van der Waals surface area contributed by atoms with E-state index in [-0.39, 0.29) is 0 Å². The first-order valence-electron chi connectivity index (χ1n) is 2.78. The first kappa shape index (κ1) is 10.1. The van der Waals surface area contributed by atoms with Gasteiger partial charge in [0.15, 0.2) is 5.02 Å².